The van der Waals surface area contributed by atoms with Gasteiger partial charge >= 0.3 is 19.8 Å². The maximum Gasteiger partial charge on any atom is 0.472 e. The normalized spacial score (nSPS) is 13.4. The number of rotatable bonds is 69. The minimum absolute atomic E-state index is 0.0327. The van der Waals surface area contributed by atoms with Crippen LogP contribution in [0.1, 0.15) is 361 Å². The van der Waals surface area contributed by atoms with Gasteiger partial charge in [0.05, 0.1) is 27.7 Å². The van der Waals surface area contributed by atoms with Crippen molar-refractivity contribution < 1.29 is 42.1 Å². The number of phosphoric acid groups is 1. The van der Waals surface area contributed by atoms with Gasteiger partial charge in [-0.15, -0.1) is 0 Å². The largest absolute Gasteiger partial charge is 0.472 e. The second-order valence-corrected chi connectivity index (χ2v) is 27.8. The lowest BCUT2D eigenvalue weighted by Gasteiger charge is -2.24. The summed E-state index contributed by atoms with van der Waals surface area (Å²) in [7, 11) is 1.49. The number of unbranched alkanes of at least 4 members (excludes halogenated alkanes) is 45. The molecule has 0 saturated carbocycles. The van der Waals surface area contributed by atoms with Crippen LogP contribution in [0.5, 0.6) is 0 Å². The highest BCUT2D eigenvalue weighted by Crippen LogP contribution is 2.43. The number of phosphoric ester groups is 1. The van der Waals surface area contributed by atoms with Gasteiger partial charge in [-0.05, 0) is 83.5 Å². The lowest BCUT2D eigenvalue weighted by atomic mass is 10.0. The Labute approximate surface area is 534 Å². The van der Waals surface area contributed by atoms with Crippen molar-refractivity contribution in [1.82, 2.24) is 0 Å². The first-order valence-corrected chi connectivity index (χ1v) is 38.5. The molecule has 10 heteroatoms. The number of ether oxygens (including phenoxy) is 2. The van der Waals surface area contributed by atoms with Crippen molar-refractivity contribution in [2.24, 2.45) is 0 Å². The van der Waals surface area contributed by atoms with Crippen molar-refractivity contribution in [3.63, 3.8) is 0 Å². The Balaban J connectivity index is 3.99. The van der Waals surface area contributed by atoms with E-state index in [2.05, 4.69) is 74.6 Å². The summed E-state index contributed by atoms with van der Waals surface area (Å²) in [5.41, 5.74) is 0. The molecular weight excluding hydrogens is 1090 g/mol. The number of nitrogens with zero attached hydrogens (tertiary/aromatic N) is 1. The minimum atomic E-state index is -4.39. The molecule has 0 aromatic heterocycles. The van der Waals surface area contributed by atoms with E-state index in [1.54, 1.807) is 0 Å². The van der Waals surface area contributed by atoms with Gasteiger partial charge in [0, 0.05) is 12.8 Å². The summed E-state index contributed by atoms with van der Waals surface area (Å²) in [5.74, 6) is -0.780. The molecule has 2 atom stereocenters. The fourth-order valence-electron chi connectivity index (χ4n) is 10.8. The average Bonchev–Trinajstić information content (AvgIpc) is 3.56. The molecule has 1 N–H and O–H groups in total. The van der Waals surface area contributed by atoms with Crippen LogP contribution in [-0.4, -0.2) is 74.9 Å². The molecule has 0 aliphatic heterocycles. The van der Waals surface area contributed by atoms with Crippen molar-refractivity contribution in [3.8, 4) is 0 Å². The van der Waals surface area contributed by atoms with E-state index in [4.69, 9.17) is 18.5 Å². The van der Waals surface area contributed by atoms with Crippen LogP contribution in [0.25, 0.3) is 0 Å². The van der Waals surface area contributed by atoms with Crippen molar-refractivity contribution in [1.29, 1.82) is 0 Å². The number of carbonyl (C=O) groups excluding carboxylic acids is 2. The van der Waals surface area contributed by atoms with Crippen LogP contribution in [0.3, 0.4) is 0 Å². The summed E-state index contributed by atoms with van der Waals surface area (Å²) in [5, 5.41) is 0. The van der Waals surface area contributed by atoms with E-state index in [9.17, 15) is 19.0 Å². The zero-order chi connectivity index (χ0) is 62.6. The van der Waals surface area contributed by atoms with Gasteiger partial charge in [-0.3, -0.25) is 18.6 Å². The van der Waals surface area contributed by atoms with Crippen molar-refractivity contribution in [2.45, 2.75) is 367 Å². The van der Waals surface area contributed by atoms with E-state index in [1.165, 1.54) is 276 Å². The van der Waals surface area contributed by atoms with Crippen molar-refractivity contribution in [3.05, 3.63) is 60.8 Å². The molecule has 0 saturated heterocycles. The van der Waals surface area contributed by atoms with E-state index in [-0.39, 0.29) is 25.6 Å². The third-order valence-electron chi connectivity index (χ3n) is 16.5. The molecule has 0 radical (unpaired) electrons. The van der Waals surface area contributed by atoms with E-state index in [1.807, 2.05) is 21.1 Å². The van der Waals surface area contributed by atoms with E-state index >= 15 is 0 Å². The molecule has 0 aliphatic rings. The summed E-state index contributed by atoms with van der Waals surface area (Å²) in [6.07, 6.45) is 89.1. The Morgan fingerprint density at radius 3 is 0.930 bits per heavy atom. The Morgan fingerprint density at radius 2 is 0.628 bits per heavy atom. The lowest BCUT2D eigenvalue weighted by Crippen LogP contribution is -2.37. The zero-order valence-corrected chi connectivity index (χ0v) is 58.5. The number of quaternary nitrogens is 1. The number of hydrogen-bond donors (Lipinski definition) is 1. The van der Waals surface area contributed by atoms with Crippen molar-refractivity contribution in [2.75, 3.05) is 47.5 Å². The quantitative estimate of drug-likeness (QED) is 0.0211. The SMILES string of the molecule is CCCCCCC/C=C\C/C=C\C/C=C\CCCCCCCCCCCCCCCCCCC(=O)OC(COC(=O)CCCCCCCCCCCCCCCCCCCCC/C=C\C/C=C\CCCCCCC)COP(=O)(O)OCC[N+](C)(C)C. The smallest absolute Gasteiger partial charge is 0.462 e. The first-order chi connectivity index (χ1) is 42.0. The van der Waals surface area contributed by atoms with E-state index in [0.717, 1.165) is 51.4 Å². The van der Waals surface area contributed by atoms with Gasteiger partial charge in [0.15, 0.2) is 6.10 Å². The Bertz CT molecular complexity index is 1630. The maximum atomic E-state index is 12.9. The molecule has 0 rings (SSSR count). The van der Waals surface area contributed by atoms with Crippen LogP contribution < -0.4 is 0 Å². The molecular formula is C76H143NO8P+. The van der Waals surface area contributed by atoms with E-state index < -0.39 is 26.5 Å². The molecule has 0 fully saturated rings. The van der Waals surface area contributed by atoms with Crippen LogP contribution in [0.4, 0.5) is 0 Å². The van der Waals surface area contributed by atoms with Crippen LogP contribution in [0.15, 0.2) is 60.8 Å². The molecule has 2 unspecified atom stereocenters. The predicted molar refractivity (Wildman–Crippen MR) is 372 cm³/mol. The maximum absolute atomic E-state index is 12.9. The van der Waals surface area contributed by atoms with Crippen LogP contribution >= 0.6 is 7.82 Å². The fraction of sp³-hybridized carbons (Fsp3) is 0.842. The topological polar surface area (TPSA) is 108 Å². The number of carbonyl (C=O) groups is 2. The highest BCUT2D eigenvalue weighted by molar-refractivity contribution is 7.47. The molecule has 0 aliphatic carbocycles. The molecule has 86 heavy (non-hydrogen) atoms. The zero-order valence-electron chi connectivity index (χ0n) is 57.6. The van der Waals surface area contributed by atoms with Gasteiger partial charge in [0.2, 0.25) is 0 Å². The summed E-state index contributed by atoms with van der Waals surface area (Å²) in [4.78, 5) is 35.9. The Hall–Kier alpha value is -2.29. The van der Waals surface area contributed by atoms with Gasteiger partial charge in [-0.2, -0.15) is 0 Å². The number of allylic oxidation sites excluding steroid dienone is 10. The second-order valence-electron chi connectivity index (χ2n) is 26.3. The Morgan fingerprint density at radius 1 is 0.360 bits per heavy atom. The van der Waals surface area contributed by atoms with Crippen LogP contribution in [0, 0.1) is 0 Å². The number of esters is 2. The fourth-order valence-corrected chi connectivity index (χ4v) is 11.6. The highest BCUT2D eigenvalue weighted by Gasteiger charge is 2.27. The van der Waals surface area contributed by atoms with Gasteiger partial charge in [0.1, 0.15) is 19.8 Å². The first kappa shape index (κ1) is 83.7. The first-order valence-electron chi connectivity index (χ1n) is 37.0. The summed E-state index contributed by atoms with van der Waals surface area (Å²) in [6.45, 7) is 4.47. The average molecular weight is 1230 g/mol. The predicted octanol–water partition coefficient (Wildman–Crippen LogP) is 24.2. The molecule has 504 valence electrons. The van der Waals surface area contributed by atoms with E-state index in [0.29, 0.717) is 23.9 Å². The Kier molecular flexibility index (Phi) is 65.3. The third-order valence-corrected chi connectivity index (χ3v) is 17.5. The van der Waals surface area contributed by atoms with Gasteiger partial charge in [-0.25, -0.2) is 4.57 Å². The van der Waals surface area contributed by atoms with Crippen LogP contribution in [0.2, 0.25) is 0 Å². The van der Waals surface area contributed by atoms with Gasteiger partial charge in [-0.1, -0.05) is 325 Å². The van der Waals surface area contributed by atoms with Gasteiger partial charge in [0.25, 0.3) is 0 Å². The molecule has 0 bridgehead atoms. The molecule has 0 aromatic rings. The second kappa shape index (κ2) is 67.1. The third kappa shape index (κ3) is 70.8. The van der Waals surface area contributed by atoms with Crippen molar-refractivity contribution >= 4 is 19.8 Å². The summed E-state index contributed by atoms with van der Waals surface area (Å²) < 4.78 is 34.8. The summed E-state index contributed by atoms with van der Waals surface area (Å²) in [6, 6.07) is 0. The van der Waals surface area contributed by atoms with Gasteiger partial charge < -0.3 is 18.9 Å². The standard InChI is InChI=1S/C76H142NO8P/c1-6-8-10-12-14-16-18-20-22-24-26-28-30-32-34-36-38-40-42-44-46-48-50-52-54-56-58-60-62-64-66-68-75(78)82-72-74(73-84-86(80,81)83-71-70-77(3,4)5)85-76(79)69-67-65-63-61-59-57-55-53-51-49-47-45-43-41-39-37-35-33-31-29-27-25-23-21-19-17-15-13-11-9-7-2/h18-21,24-27,31,33,74H,6-17,22-23,28-30,32,34-73H2,1-5H3/p+1/b20-18-,21-19-,26-24-,27-25-,33-31-. The minimum Gasteiger partial charge on any atom is -0.462 e. The molecule has 0 aromatic carbocycles. The molecule has 9 nitrogen and oxygen atoms in total. The molecule has 0 spiro atoms. The number of hydrogen-bond acceptors (Lipinski definition) is 7. The highest BCUT2D eigenvalue weighted by atomic mass is 31.2. The molecule has 0 heterocycles. The summed E-state index contributed by atoms with van der Waals surface area (Å²) >= 11 is 0. The lowest BCUT2D eigenvalue weighted by molar-refractivity contribution is -0.870. The number of likely N-dealkylation sites (N-methyl/N-ethyl adjacent to an activating group) is 1. The molecule has 0 amide bonds. The van der Waals surface area contributed by atoms with Crippen LogP contribution in [-0.2, 0) is 32.7 Å². The monoisotopic (exact) mass is 1230 g/mol.